The summed E-state index contributed by atoms with van der Waals surface area (Å²) in [5.74, 6) is 1.71. The standard InChI is InChI=1S/C12H16N2O2/c1-14(10-4-5-13-7-10)9-2-3-11-12(6-9)16-8-15-11/h2-3,6,10,13H,4-5,7-8H2,1H3/t10-/m0/s1. The lowest BCUT2D eigenvalue weighted by atomic mass is 10.2. The van der Waals surface area contributed by atoms with Crippen LogP contribution >= 0.6 is 0 Å². The zero-order valence-corrected chi connectivity index (χ0v) is 9.40. The first-order valence-corrected chi connectivity index (χ1v) is 5.68. The van der Waals surface area contributed by atoms with Gasteiger partial charge in [-0.1, -0.05) is 0 Å². The van der Waals surface area contributed by atoms with E-state index in [1.807, 2.05) is 6.07 Å². The van der Waals surface area contributed by atoms with Crippen molar-refractivity contribution >= 4 is 5.69 Å². The van der Waals surface area contributed by atoms with Gasteiger partial charge in [0, 0.05) is 31.4 Å². The van der Waals surface area contributed by atoms with Gasteiger partial charge in [0.05, 0.1) is 0 Å². The Balaban J connectivity index is 1.83. The van der Waals surface area contributed by atoms with Crippen molar-refractivity contribution in [1.82, 2.24) is 5.32 Å². The number of benzene rings is 1. The van der Waals surface area contributed by atoms with Gasteiger partial charge in [-0.2, -0.15) is 0 Å². The molecule has 0 saturated carbocycles. The van der Waals surface area contributed by atoms with Gasteiger partial charge in [0.15, 0.2) is 11.5 Å². The summed E-state index contributed by atoms with van der Waals surface area (Å²) in [6.45, 7) is 2.51. The molecule has 1 aromatic rings. The first-order chi connectivity index (χ1) is 7.84. The summed E-state index contributed by atoms with van der Waals surface area (Å²) in [6, 6.07) is 6.71. The van der Waals surface area contributed by atoms with E-state index in [0.717, 1.165) is 24.6 Å². The van der Waals surface area contributed by atoms with Gasteiger partial charge in [0.25, 0.3) is 0 Å². The summed E-state index contributed by atoms with van der Waals surface area (Å²) >= 11 is 0. The number of anilines is 1. The summed E-state index contributed by atoms with van der Waals surface area (Å²) in [4.78, 5) is 2.31. The first-order valence-electron chi connectivity index (χ1n) is 5.68. The molecule has 1 saturated heterocycles. The molecule has 3 rings (SSSR count). The van der Waals surface area contributed by atoms with Crippen molar-refractivity contribution in [2.24, 2.45) is 0 Å². The second-order valence-electron chi connectivity index (χ2n) is 4.30. The minimum Gasteiger partial charge on any atom is -0.454 e. The number of ether oxygens (including phenoxy) is 2. The van der Waals surface area contributed by atoms with Gasteiger partial charge in [0.2, 0.25) is 6.79 Å². The number of fused-ring (bicyclic) bond motifs is 1. The number of rotatable bonds is 2. The molecule has 86 valence electrons. The number of nitrogens with one attached hydrogen (secondary N) is 1. The van der Waals surface area contributed by atoms with Gasteiger partial charge in [0.1, 0.15) is 0 Å². The molecule has 2 aliphatic rings. The van der Waals surface area contributed by atoms with Crippen molar-refractivity contribution in [3.05, 3.63) is 18.2 Å². The Hall–Kier alpha value is -1.42. The highest BCUT2D eigenvalue weighted by atomic mass is 16.7. The highest BCUT2D eigenvalue weighted by Crippen LogP contribution is 2.35. The maximum Gasteiger partial charge on any atom is 0.231 e. The van der Waals surface area contributed by atoms with Crippen LogP contribution in [0.4, 0.5) is 5.69 Å². The van der Waals surface area contributed by atoms with Crippen LogP contribution in [0, 0.1) is 0 Å². The molecular formula is C12H16N2O2. The van der Waals surface area contributed by atoms with E-state index in [1.165, 1.54) is 12.1 Å². The van der Waals surface area contributed by atoms with E-state index in [-0.39, 0.29) is 0 Å². The second kappa shape index (κ2) is 3.87. The van der Waals surface area contributed by atoms with Crippen molar-refractivity contribution in [1.29, 1.82) is 0 Å². The van der Waals surface area contributed by atoms with Gasteiger partial charge in [-0.05, 0) is 25.1 Å². The van der Waals surface area contributed by atoms with Gasteiger partial charge in [-0.15, -0.1) is 0 Å². The quantitative estimate of drug-likeness (QED) is 0.812. The Bertz CT molecular complexity index is 389. The average molecular weight is 220 g/mol. The van der Waals surface area contributed by atoms with E-state index in [1.54, 1.807) is 0 Å². The topological polar surface area (TPSA) is 33.7 Å². The molecule has 0 aliphatic carbocycles. The predicted molar refractivity (Wildman–Crippen MR) is 62.2 cm³/mol. The lowest BCUT2D eigenvalue weighted by Crippen LogP contribution is -2.33. The smallest absolute Gasteiger partial charge is 0.231 e. The Morgan fingerprint density at radius 1 is 1.31 bits per heavy atom. The van der Waals surface area contributed by atoms with Crippen LogP contribution in [0.1, 0.15) is 6.42 Å². The van der Waals surface area contributed by atoms with E-state index in [2.05, 4.69) is 29.4 Å². The number of hydrogen-bond donors (Lipinski definition) is 1. The zero-order chi connectivity index (χ0) is 11.0. The van der Waals surface area contributed by atoms with E-state index in [0.29, 0.717) is 12.8 Å². The minimum atomic E-state index is 0.341. The Morgan fingerprint density at radius 2 is 2.19 bits per heavy atom. The summed E-state index contributed by atoms with van der Waals surface area (Å²) in [5.41, 5.74) is 1.19. The Kier molecular flexibility index (Phi) is 2.36. The van der Waals surface area contributed by atoms with E-state index in [4.69, 9.17) is 9.47 Å². The molecule has 1 aromatic carbocycles. The molecule has 1 atom stereocenters. The maximum absolute atomic E-state index is 5.39. The molecular weight excluding hydrogens is 204 g/mol. The monoisotopic (exact) mass is 220 g/mol. The van der Waals surface area contributed by atoms with Crippen molar-refractivity contribution in [3.8, 4) is 11.5 Å². The largest absolute Gasteiger partial charge is 0.454 e. The lowest BCUT2D eigenvalue weighted by Gasteiger charge is -2.26. The predicted octanol–water partition coefficient (Wildman–Crippen LogP) is 1.21. The normalized spacial score (nSPS) is 22.4. The fraction of sp³-hybridized carbons (Fsp3) is 0.500. The molecule has 4 nitrogen and oxygen atoms in total. The first kappa shape index (κ1) is 9.78. The summed E-state index contributed by atoms with van der Waals surface area (Å²) in [6.07, 6.45) is 1.20. The molecule has 16 heavy (non-hydrogen) atoms. The number of nitrogens with zero attached hydrogens (tertiary/aromatic N) is 1. The zero-order valence-electron chi connectivity index (χ0n) is 9.40. The van der Waals surface area contributed by atoms with Gasteiger partial charge in [-0.3, -0.25) is 0 Å². The SMILES string of the molecule is CN(c1ccc2c(c1)OCO2)[C@H]1CCNC1. The average Bonchev–Trinajstić information content (AvgIpc) is 2.98. The fourth-order valence-electron chi connectivity index (χ4n) is 2.29. The summed E-state index contributed by atoms with van der Waals surface area (Å²) < 4.78 is 10.7. The van der Waals surface area contributed by atoms with Crippen LogP contribution < -0.4 is 19.7 Å². The van der Waals surface area contributed by atoms with Crippen LogP contribution in [-0.2, 0) is 0 Å². The molecule has 0 amide bonds. The Labute approximate surface area is 95.1 Å². The number of hydrogen-bond acceptors (Lipinski definition) is 4. The minimum absolute atomic E-state index is 0.341. The van der Waals surface area contributed by atoms with Crippen LogP contribution in [-0.4, -0.2) is 33.0 Å². The molecule has 0 radical (unpaired) electrons. The molecule has 2 aliphatic heterocycles. The van der Waals surface area contributed by atoms with E-state index in [9.17, 15) is 0 Å². The maximum atomic E-state index is 5.39. The molecule has 4 heteroatoms. The Morgan fingerprint density at radius 3 is 3.00 bits per heavy atom. The van der Waals surface area contributed by atoms with Crippen molar-refractivity contribution in [3.63, 3.8) is 0 Å². The third-order valence-electron chi connectivity index (χ3n) is 3.35. The molecule has 1 N–H and O–H groups in total. The van der Waals surface area contributed by atoms with Crippen molar-refractivity contribution < 1.29 is 9.47 Å². The second-order valence-corrected chi connectivity index (χ2v) is 4.30. The molecule has 0 bridgehead atoms. The molecule has 0 unspecified atom stereocenters. The highest BCUT2D eigenvalue weighted by Gasteiger charge is 2.21. The van der Waals surface area contributed by atoms with Crippen LogP contribution in [0.5, 0.6) is 11.5 Å². The van der Waals surface area contributed by atoms with Gasteiger partial charge < -0.3 is 19.7 Å². The van der Waals surface area contributed by atoms with Crippen molar-refractivity contribution in [2.75, 3.05) is 31.8 Å². The van der Waals surface area contributed by atoms with Crippen LogP contribution in [0.2, 0.25) is 0 Å². The van der Waals surface area contributed by atoms with Gasteiger partial charge >= 0.3 is 0 Å². The van der Waals surface area contributed by atoms with Crippen LogP contribution in [0.25, 0.3) is 0 Å². The molecule has 1 fully saturated rings. The lowest BCUT2D eigenvalue weighted by molar-refractivity contribution is 0.174. The fourth-order valence-corrected chi connectivity index (χ4v) is 2.29. The van der Waals surface area contributed by atoms with E-state index >= 15 is 0 Å². The highest BCUT2D eigenvalue weighted by molar-refractivity contribution is 5.57. The molecule has 2 heterocycles. The van der Waals surface area contributed by atoms with Crippen LogP contribution in [0.15, 0.2) is 18.2 Å². The van der Waals surface area contributed by atoms with Crippen molar-refractivity contribution in [2.45, 2.75) is 12.5 Å². The molecule has 0 spiro atoms. The van der Waals surface area contributed by atoms with Crippen LogP contribution in [0.3, 0.4) is 0 Å². The van der Waals surface area contributed by atoms with E-state index < -0.39 is 0 Å². The van der Waals surface area contributed by atoms with Gasteiger partial charge in [-0.25, -0.2) is 0 Å². The summed E-state index contributed by atoms with van der Waals surface area (Å²) in [5, 5.41) is 3.38. The third-order valence-corrected chi connectivity index (χ3v) is 3.35. The third kappa shape index (κ3) is 1.59. The summed E-state index contributed by atoms with van der Waals surface area (Å²) in [7, 11) is 2.13. The molecule has 0 aromatic heterocycles. The number of likely N-dealkylation sites (N-methyl/N-ethyl adjacent to an activating group) is 1.